The molecule has 0 bridgehead atoms. The number of hydrogen-bond donors (Lipinski definition) is 2. The van der Waals surface area contributed by atoms with Gasteiger partial charge in [-0.1, -0.05) is 12.5 Å². The van der Waals surface area contributed by atoms with Gasteiger partial charge in [0.05, 0.1) is 18.0 Å². The smallest absolute Gasteiger partial charge is 0.420 e. The maximum Gasteiger partial charge on any atom is 0.420 e. The molecule has 2 amide bonds. The molecular formula is C32H45FN6O5. The Bertz CT molecular complexity index is 1460. The first-order chi connectivity index (χ1) is 20.6. The van der Waals surface area contributed by atoms with Crippen molar-refractivity contribution < 1.29 is 28.6 Å². The molecule has 12 heteroatoms. The van der Waals surface area contributed by atoms with Gasteiger partial charge < -0.3 is 24.8 Å². The summed E-state index contributed by atoms with van der Waals surface area (Å²) in [6.07, 6.45) is 5.49. The first-order valence-electron chi connectivity index (χ1n) is 15.2. The monoisotopic (exact) mass is 612 g/mol. The van der Waals surface area contributed by atoms with E-state index in [4.69, 9.17) is 9.47 Å². The lowest BCUT2D eigenvalue weighted by Crippen LogP contribution is -2.44. The lowest BCUT2D eigenvalue weighted by molar-refractivity contribution is 0.00390. The summed E-state index contributed by atoms with van der Waals surface area (Å²) in [4.78, 5) is 32.4. The minimum Gasteiger partial charge on any atom is -0.444 e. The molecule has 1 atom stereocenters. The van der Waals surface area contributed by atoms with E-state index in [9.17, 15) is 19.1 Å². The minimum atomic E-state index is -0.720. The molecule has 1 unspecified atom stereocenters. The second-order valence-corrected chi connectivity index (χ2v) is 13.2. The van der Waals surface area contributed by atoms with Crippen molar-refractivity contribution in [2.45, 2.75) is 96.9 Å². The number of aliphatic hydroxyl groups excluding tert-OH is 1. The summed E-state index contributed by atoms with van der Waals surface area (Å²) < 4.78 is 26.5. The maximum absolute atomic E-state index is 14.0. The van der Waals surface area contributed by atoms with Crippen molar-refractivity contribution in [1.29, 1.82) is 0 Å². The number of carbonyl (C=O) groups excluding carboxylic acids is 2. The Labute approximate surface area is 258 Å². The van der Waals surface area contributed by atoms with Crippen LogP contribution in [0.25, 0.3) is 5.65 Å². The molecule has 1 aliphatic carbocycles. The molecule has 2 fully saturated rings. The summed E-state index contributed by atoms with van der Waals surface area (Å²) in [5.74, 6) is 0.980. The van der Waals surface area contributed by atoms with Crippen LogP contribution in [0.4, 0.5) is 31.3 Å². The van der Waals surface area contributed by atoms with E-state index < -0.39 is 29.2 Å². The van der Waals surface area contributed by atoms with Crippen LogP contribution >= 0.6 is 0 Å². The van der Waals surface area contributed by atoms with Crippen LogP contribution in [0.15, 0.2) is 36.5 Å². The Balaban J connectivity index is 0.000000265. The van der Waals surface area contributed by atoms with E-state index in [-0.39, 0.29) is 6.09 Å². The van der Waals surface area contributed by atoms with E-state index >= 15 is 0 Å². The van der Waals surface area contributed by atoms with Crippen molar-refractivity contribution >= 4 is 35.2 Å². The normalized spacial score (nSPS) is 17.3. The molecule has 2 aromatic heterocycles. The van der Waals surface area contributed by atoms with Gasteiger partial charge in [0.25, 0.3) is 0 Å². The number of hydrogen-bond acceptors (Lipinski definition) is 8. The maximum atomic E-state index is 14.0. The number of β-amino-alcohol motifs (C(OH)–C–C–N with tert-alkyl or cyclic N) is 1. The average Bonchev–Trinajstić information content (AvgIpc) is 3.29. The molecule has 3 aromatic rings. The standard InChI is InChI=1S/C22H26FN5O2.C10H19NO3/c1-22(2,3)30-21(29)27(16-10-6-9-15(23)11-16)19-12-18(24-4)26-20-17(13-25-28(19)20)14-7-5-8-14;1-10(2,3)14-9(13)11-6-4-5-8(12)7-11/h6,9-14H,5,7-8H2,1-4H3,(H,24,26);8,12H,4-7H2,1-3H3. The van der Waals surface area contributed by atoms with Gasteiger partial charge in [0.1, 0.15) is 28.7 Å². The van der Waals surface area contributed by atoms with Crippen molar-refractivity contribution in [3.8, 4) is 0 Å². The van der Waals surface area contributed by atoms with Crippen LogP contribution in [0.2, 0.25) is 0 Å². The molecule has 44 heavy (non-hydrogen) atoms. The fraction of sp³-hybridized carbons (Fsp3) is 0.562. The predicted molar refractivity (Wildman–Crippen MR) is 167 cm³/mol. The topological polar surface area (TPSA) is 122 Å². The molecule has 1 saturated carbocycles. The number of likely N-dealkylation sites (tertiary alicyclic amines) is 1. The molecule has 2 N–H and O–H groups in total. The van der Waals surface area contributed by atoms with Crippen molar-refractivity contribution in [3.63, 3.8) is 0 Å². The third-order valence-corrected chi connectivity index (χ3v) is 7.20. The highest BCUT2D eigenvalue weighted by atomic mass is 19.1. The Morgan fingerprint density at radius 2 is 1.75 bits per heavy atom. The van der Waals surface area contributed by atoms with Gasteiger partial charge in [-0.2, -0.15) is 9.61 Å². The number of ether oxygens (including phenoxy) is 2. The fourth-order valence-corrected chi connectivity index (χ4v) is 4.96. The van der Waals surface area contributed by atoms with Crippen LogP contribution in [0.3, 0.4) is 0 Å². The highest BCUT2D eigenvalue weighted by Crippen LogP contribution is 2.39. The molecule has 1 saturated heterocycles. The molecule has 0 spiro atoms. The van der Waals surface area contributed by atoms with Crippen LogP contribution in [0.1, 0.15) is 85.1 Å². The van der Waals surface area contributed by atoms with Gasteiger partial charge in [-0.05, 0) is 91.3 Å². The Morgan fingerprint density at radius 1 is 1.05 bits per heavy atom. The molecular weight excluding hydrogens is 567 g/mol. The van der Waals surface area contributed by atoms with Gasteiger partial charge >= 0.3 is 12.2 Å². The van der Waals surface area contributed by atoms with Crippen LogP contribution in [0.5, 0.6) is 0 Å². The van der Waals surface area contributed by atoms with E-state index in [1.165, 1.54) is 23.5 Å². The minimum absolute atomic E-state index is 0.323. The van der Waals surface area contributed by atoms with Gasteiger partial charge in [0.2, 0.25) is 0 Å². The summed E-state index contributed by atoms with van der Waals surface area (Å²) in [7, 11) is 1.77. The third-order valence-electron chi connectivity index (χ3n) is 7.20. The quantitative estimate of drug-likeness (QED) is 0.337. The number of piperidine rings is 1. The zero-order chi connectivity index (χ0) is 32.2. The van der Waals surface area contributed by atoms with E-state index in [2.05, 4.69) is 15.4 Å². The summed E-state index contributed by atoms with van der Waals surface area (Å²) in [5, 5.41) is 17.0. The van der Waals surface area contributed by atoms with Crippen LogP contribution in [-0.4, -0.2) is 74.2 Å². The Morgan fingerprint density at radius 3 is 2.32 bits per heavy atom. The molecule has 11 nitrogen and oxygen atoms in total. The highest BCUT2D eigenvalue weighted by Gasteiger charge is 2.31. The molecule has 5 rings (SSSR count). The van der Waals surface area contributed by atoms with Gasteiger partial charge in [-0.3, -0.25) is 0 Å². The van der Waals surface area contributed by atoms with E-state index in [1.54, 1.807) is 55.4 Å². The second kappa shape index (κ2) is 13.4. The average molecular weight is 613 g/mol. The number of carbonyl (C=O) groups is 2. The van der Waals surface area contributed by atoms with Crippen molar-refractivity contribution in [2.24, 2.45) is 0 Å². The second-order valence-electron chi connectivity index (χ2n) is 13.2. The lowest BCUT2D eigenvalue weighted by Gasteiger charge is -2.32. The van der Waals surface area contributed by atoms with Crippen molar-refractivity contribution in [1.82, 2.24) is 19.5 Å². The Hall–Kier alpha value is -3.93. The van der Waals surface area contributed by atoms with Gasteiger partial charge in [0.15, 0.2) is 5.65 Å². The van der Waals surface area contributed by atoms with Gasteiger partial charge in [0, 0.05) is 31.8 Å². The van der Waals surface area contributed by atoms with E-state index in [0.29, 0.717) is 42.0 Å². The number of rotatable bonds is 4. The van der Waals surface area contributed by atoms with E-state index in [0.717, 1.165) is 31.2 Å². The van der Waals surface area contributed by atoms with Crippen LogP contribution in [-0.2, 0) is 9.47 Å². The summed E-state index contributed by atoms with van der Waals surface area (Å²) in [6, 6.07) is 7.56. The molecule has 1 aliphatic heterocycles. The molecule has 3 heterocycles. The molecule has 0 radical (unpaired) electrons. The zero-order valence-electron chi connectivity index (χ0n) is 26.8. The number of nitrogens with zero attached hydrogens (tertiary/aromatic N) is 5. The first-order valence-corrected chi connectivity index (χ1v) is 15.2. The van der Waals surface area contributed by atoms with Crippen molar-refractivity contribution in [3.05, 3.63) is 47.9 Å². The number of aromatic nitrogens is 3. The SMILES string of the molecule is CC(C)(C)OC(=O)N1CCCC(O)C1.CNc1cc(N(C(=O)OC(C)(C)C)c2cccc(F)c2)n2ncc(C3CCC3)c2n1. The number of halogens is 1. The van der Waals surface area contributed by atoms with Crippen LogP contribution < -0.4 is 10.2 Å². The molecule has 1 aromatic carbocycles. The highest BCUT2D eigenvalue weighted by molar-refractivity contribution is 5.96. The number of anilines is 3. The summed E-state index contributed by atoms with van der Waals surface area (Å²) in [6.45, 7) is 12.0. The van der Waals surface area contributed by atoms with E-state index in [1.807, 2.05) is 27.0 Å². The first kappa shape index (κ1) is 33.0. The zero-order valence-corrected chi connectivity index (χ0v) is 26.8. The number of benzene rings is 1. The predicted octanol–water partition coefficient (Wildman–Crippen LogP) is 6.63. The van der Waals surface area contributed by atoms with Gasteiger partial charge in [-0.15, -0.1) is 0 Å². The summed E-state index contributed by atoms with van der Waals surface area (Å²) >= 11 is 0. The fourth-order valence-electron chi connectivity index (χ4n) is 4.96. The molecule has 2 aliphatic rings. The Kier molecular flexibility index (Phi) is 10.0. The third kappa shape index (κ3) is 8.37. The van der Waals surface area contributed by atoms with Gasteiger partial charge in [-0.25, -0.2) is 23.9 Å². The van der Waals surface area contributed by atoms with Crippen LogP contribution in [0, 0.1) is 5.82 Å². The lowest BCUT2D eigenvalue weighted by atomic mass is 9.81. The number of fused-ring (bicyclic) bond motifs is 1. The largest absolute Gasteiger partial charge is 0.444 e. The van der Waals surface area contributed by atoms with Crippen molar-refractivity contribution in [2.75, 3.05) is 30.4 Å². The number of nitrogens with one attached hydrogen (secondary N) is 1. The summed E-state index contributed by atoms with van der Waals surface area (Å²) in [5.41, 5.74) is 0.912. The number of amides is 2. The number of aliphatic hydroxyl groups is 1. The molecule has 240 valence electrons.